The number of benzene rings is 2. The molecule has 1 aliphatic rings. The number of nitrogen functional groups attached to an aromatic ring is 1. The molecule has 112 valence electrons. The molecule has 2 aromatic carbocycles. The van der Waals surface area contributed by atoms with E-state index >= 15 is 0 Å². The zero-order chi connectivity index (χ0) is 15.5. The number of carbonyl (C=O) groups is 1. The molecule has 22 heavy (non-hydrogen) atoms. The van der Waals surface area contributed by atoms with Crippen LogP contribution in [-0.4, -0.2) is 11.6 Å². The van der Waals surface area contributed by atoms with E-state index in [0.717, 1.165) is 17.7 Å². The fraction of sp³-hybridized carbons (Fsp3) is 0.222. The van der Waals surface area contributed by atoms with Gasteiger partial charge in [-0.15, -0.1) is 0 Å². The van der Waals surface area contributed by atoms with E-state index in [1.165, 1.54) is 5.56 Å². The first-order valence-corrected chi connectivity index (χ1v) is 7.40. The summed E-state index contributed by atoms with van der Waals surface area (Å²) in [5.41, 5.74) is 12.0. The second-order valence-corrected chi connectivity index (χ2v) is 5.66. The largest absolute Gasteiger partial charge is 0.399 e. The molecule has 0 saturated heterocycles. The summed E-state index contributed by atoms with van der Waals surface area (Å²) in [5.74, 6) is 0.334. The highest BCUT2D eigenvalue weighted by Crippen LogP contribution is 2.47. The lowest BCUT2D eigenvalue weighted by molar-refractivity contribution is -0.122. The van der Waals surface area contributed by atoms with Crippen molar-refractivity contribution in [1.29, 1.82) is 0 Å². The lowest BCUT2D eigenvalue weighted by Gasteiger charge is -2.04. The van der Waals surface area contributed by atoms with Crippen molar-refractivity contribution in [3.63, 3.8) is 0 Å². The predicted octanol–water partition coefficient (Wildman–Crippen LogP) is 2.91. The maximum Gasteiger partial charge on any atom is 0.243 e. The quantitative estimate of drug-likeness (QED) is 0.517. The van der Waals surface area contributed by atoms with Crippen molar-refractivity contribution in [2.24, 2.45) is 11.0 Å². The third-order valence-electron chi connectivity index (χ3n) is 3.99. The Balaban J connectivity index is 1.60. The van der Waals surface area contributed by atoms with Crippen LogP contribution in [0.25, 0.3) is 0 Å². The standard InChI is InChI=1S/C18H19N3O/c1-12(14-8-5-9-15(19)10-14)20-21-18(22)17-11-16(17)13-6-3-2-4-7-13/h2-10,16-17H,11,19H2,1H3,(H,21,22). The van der Waals surface area contributed by atoms with E-state index in [0.29, 0.717) is 11.6 Å². The summed E-state index contributed by atoms with van der Waals surface area (Å²) in [7, 11) is 0. The zero-order valence-electron chi connectivity index (χ0n) is 12.5. The lowest BCUT2D eigenvalue weighted by Crippen LogP contribution is -2.21. The van der Waals surface area contributed by atoms with Crippen LogP contribution in [0, 0.1) is 5.92 Å². The van der Waals surface area contributed by atoms with Gasteiger partial charge in [-0.2, -0.15) is 5.10 Å². The number of rotatable bonds is 4. The van der Waals surface area contributed by atoms with E-state index in [-0.39, 0.29) is 11.8 Å². The van der Waals surface area contributed by atoms with E-state index in [1.807, 2.05) is 49.4 Å². The van der Waals surface area contributed by atoms with Crippen molar-refractivity contribution >= 4 is 17.3 Å². The summed E-state index contributed by atoms with van der Waals surface area (Å²) >= 11 is 0. The average molecular weight is 293 g/mol. The number of hydrogen-bond donors (Lipinski definition) is 2. The highest BCUT2D eigenvalue weighted by atomic mass is 16.2. The maximum absolute atomic E-state index is 12.1. The van der Waals surface area contributed by atoms with E-state index in [1.54, 1.807) is 0 Å². The van der Waals surface area contributed by atoms with Gasteiger partial charge in [-0.05, 0) is 42.5 Å². The van der Waals surface area contributed by atoms with E-state index in [4.69, 9.17) is 5.73 Å². The van der Waals surface area contributed by atoms with Crippen LogP contribution in [0.4, 0.5) is 5.69 Å². The Hall–Kier alpha value is -2.62. The second-order valence-electron chi connectivity index (χ2n) is 5.66. The average Bonchev–Trinajstić information content (AvgIpc) is 3.34. The third-order valence-corrected chi connectivity index (χ3v) is 3.99. The number of hydrazone groups is 1. The monoisotopic (exact) mass is 293 g/mol. The highest BCUT2D eigenvalue weighted by Gasteiger charge is 2.43. The summed E-state index contributed by atoms with van der Waals surface area (Å²) in [6.07, 6.45) is 0.892. The van der Waals surface area contributed by atoms with Gasteiger partial charge < -0.3 is 5.73 Å². The molecular weight excluding hydrogens is 274 g/mol. The minimum Gasteiger partial charge on any atom is -0.399 e. The van der Waals surface area contributed by atoms with Crippen LogP contribution in [0.15, 0.2) is 59.7 Å². The number of nitrogens with zero attached hydrogens (tertiary/aromatic N) is 1. The van der Waals surface area contributed by atoms with Gasteiger partial charge in [0.2, 0.25) is 5.91 Å². The normalized spacial score (nSPS) is 20.5. The third kappa shape index (κ3) is 3.17. The molecule has 3 N–H and O–H groups in total. The molecule has 3 rings (SSSR count). The van der Waals surface area contributed by atoms with Crippen LogP contribution < -0.4 is 11.2 Å². The van der Waals surface area contributed by atoms with Crippen molar-refractivity contribution in [2.75, 3.05) is 5.73 Å². The van der Waals surface area contributed by atoms with Crippen LogP contribution >= 0.6 is 0 Å². The Morgan fingerprint density at radius 1 is 1.18 bits per heavy atom. The van der Waals surface area contributed by atoms with Crippen molar-refractivity contribution in [3.8, 4) is 0 Å². The predicted molar refractivity (Wildman–Crippen MR) is 88.5 cm³/mol. The van der Waals surface area contributed by atoms with Gasteiger partial charge in [-0.3, -0.25) is 4.79 Å². The number of anilines is 1. The number of hydrogen-bond acceptors (Lipinski definition) is 3. The van der Waals surface area contributed by atoms with Gasteiger partial charge >= 0.3 is 0 Å². The molecule has 0 radical (unpaired) electrons. The van der Waals surface area contributed by atoms with E-state index in [9.17, 15) is 4.79 Å². The molecule has 0 spiro atoms. The van der Waals surface area contributed by atoms with Gasteiger partial charge in [0.05, 0.1) is 5.71 Å². The maximum atomic E-state index is 12.1. The molecule has 2 atom stereocenters. The summed E-state index contributed by atoms with van der Waals surface area (Å²) in [5, 5.41) is 4.19. The molecule has 4 heteroatoms. The van der Waals surface area contributed by atoms with Crippen molar-refractivity contribution < 1.29 is 4.79 Å². The number of amides is 1. The van der Waals surface area contributed by atoms with Gasteiger partial charge in [0.15, 0.2) is 0 Å². The molecule has 1 amide bonds. The molecule has 1 aliphatic carbocycles. The minimum absolute atomic E-state index is 0.0166. The van der Waals surface area contributed by atoms with Gasteiger partial charge in [0.1, 0.15) is 0 Å². The lowest BCUT2D eigenvalue weighted by atomic mass is 10.1. The summed E-state index contributed by atoms with van der Waals surface area (Å²) in [6, 6.07) is 17.6. The smallest absolute Gasteiger partial charge is 0.243 e. The molecule has 4 nitrogen and oxygen atoms in total. The molecular formula is C18H19N3O. The number of carbonyl (C=O) groups excluding carboxylic acids is 1. The Morgan fingerprint density at radius 2 is 1.95 bits per heavy atom. The zero-order valence-corrected chi connectivity index (χ0v) is 12.5. The molecule has 2 aromatic rings. The van der Waals surface area contributed by atoms with E-state index in [2.05, 4.69) is 22.7 Å². The Kier molecular flexibility index (Phi) is 3.92. The van der Waals surface area contributed by atoms with Crippen LogP contribution in [0.5, 0.6) is 0 Å². The molecule has 1 fully saturated rings. The Morgan fingerprint density at radius 3 is 2.68 bits per heavy atom. The first kappa shape index (κ1) is 14.3. The number of nitrogens with two attached hydrogens (primary N) is 1. The van der Waals surface area contributed by atoms with Gasteiger partial charge in [-0.25, -0.2) is 5.43 Å². The second kappa shape index (κ2) is 6.02. The van der Waals surface area contributed by atoms with Crippen molar-refractivity contribution in [2.45, 2.75) is 19.3 Å². The topological polar surface area (TPSA) is 67.5 Å². The van der Waals surface area contributed by atoms with Crippen LogP contribution in [0.3, 0.4) is 0 Å². The molecule has 2 unspecified atom stereocenters. The molecule has 0 aromatic heterocycles. The van der Waals surface area contributed by atoms with Crippen molar-refractivity contribution in [3.05, 3.63) is 65.7 Å². The van der Waals surface area contributed by atoms with Gasteiger partial charge in [0.25, 0.3) is 0 Å². The fourth-order valence-electron chi connectivity index (χ4n) is 2.60. The Bertz CT molecular complexity index is 709. The van der Waals surface area contributed by atoms with E-state index < -0.39 is 0 Å². The highest BCUT2D eigenvalue weighted by molar-refractivity contribution is 6.00. The Labute approximate surface area is 130 Å². The molecule has 1 saturated carbocycles. The van der Waals surface area contributed by atoms with Crippen LogP contribution in [-0.2, 0) is 4.79 Å². The van der Waals surface area contributed by atoms with Crippen molar-refractivity contribution in [1.82, 2.24) is 5.43 Å². The molecule has 0 heterocycles. The van der Waals surface area contributed by atoms with Gasteiger partial charge in [0, 0.05) is 11.6 Å². The van der Waals surface area contributed by atoms with Gasteiger partial charge in [-0.1, -0.05) is 42.5 Å². The van der Waals surface area contributed by atoms with Crippen LogP contribution in [0.1, 0.15) is 30.4 Å². The molecule has 0 aliphatic heterocycles. The first-order chi connectivity index (χ1) is 10.6. The summed E-state index contributed by atoms with van der Waals surface area (Å²) < 4.78 is 0. The summed E-state index contributed by atoms with van der Waals surface area (Å²) in [4.78, 5) is 12.1. The summed E-state index contributed by atoms with van der Waals surface area (Å²) in [6.45, 7) is 1.86. The number of nitrogens with one attached hydrogen (secondary N) is 1. The van der Waals surface area contributed by atoms with Crippen LogP contribution in [0.2, 0.25) is 0 Å². The fourth-order valence-corrected chi connectivity index (χ4v) is 2.60. The molecule has 0 bridgehead atoms. The first-order valence-electron chi connectivity index (χ1n) is 7.40. The minimum atomic E-state index is -0.0166. The SMILES string of the molecule is CC(=NNC(=O)C1CC1c1ccccc1)c1cccc(N)c1.